The molecule has 2 N–H and O–H groups in total. The molecule has 0 bridgehead atoms. The maximum Gasteiger partial charge on any atom is 0.213 e. The zero-order chi connectivity index (χ0) is 11.9. The smallest absolute Gasteiger partial charge is 0.213 e. The molecule has 0 radical (unpaired) electrons. The summed E-state index contributed by atoms with van der Waals surface area (Å²) in [6.45, 7) is 4.16. The Morgan fingerprint density at radius 3 is 2.88 bits per heavy atom. The number of hydrogen-bond donors (Lipinski definition) is 2. The molecule has 96 valence electrons. The average molecular weight is 250 g/mol. The van der Waals surface area contributed by atoms with Crippen molar-refractivity contribution in [1.82, 2.24) is 10.0 Å². The van der Waals surface area contributed by atoms with Crippen molar-refractivity contribution in [3.8, 4) is 0 Å². The first-order chi connectivity index (χ1) is 7.64. The van der Waals surface area contributed by atoms with E-state index in [9.17, 15) is 8.42 Å². The van der Waals surface area contributed by atoms with Crippen molar-refractivity contribution in [1.29, 1.82) is 0 Å². The minimum absolute atomic E-state index is 0.0492. The van der Waals surface area contributed by atoms with Crippen LogP contribution >= 0.6 is 0 Å². The molecule has 16 heavy (non-hydrogen) atoms. The molecule has 1 aliphatic rings. The van der Waals surface area contributed by atoms with Gasteiger partial charge in [0.05, 0.1) is 12.4 Å². The molecule has 1 heterocycles. The fourth-order valence-electron chi connectivity index (χ4n) is 1.71. The van der Waals surface area contributed by atoms with Crippen LogP contribution in [0.3, 0.4) is 0 Å². The van der Waals surface area contributed by atoms with Crippen LogP contribution in [0.4, 0.5) is 0 Å². The summed E-state index contributed by atoms with van der Waals surface area (Å²) in [7, 11) is -3.17. The number of piperidine rings is 1. The minimum atomic E-state index is -3.17. The van der Waals surface area contributed by atoms with Gasteiger partial charge in [-0.05, 0) is 26.3 Å². The maximum atomic E-state index is 11.5. The van der Waals surface area contributed by atoms with E-state index in [2.05, 4.69) is 10.0 Å². The second-order valence-corrected chi connectivity index (χ2v) is 5.94. The lowest BCUT2D eigenvalue weighted by atomic mass is 10.1. The molecule has 0 aromatic rings. The van der Waals surface area contributed by atoms with Crippen molar-refractivity contribution in [2.75, 3.05) is 32.1 Å². The molecule has 1 aliphatic heterocycles. The van der Waals surface area contributed by atoms with E-state index in [4.69, 9.17) is 4.74 Å². The van der Waals surface area contributed by atoms with E-state index in [0.29, 0.717) is 13.2 Å². The highest BCUT2D eigenvalue weighted by Gasteiger charge is 2.16. The SMILES string of the molecule is CCOCCS(=O)(=O)NCC1CCCCN1. The van der Waals surface area contributed by atoms with Crippen molar-refractivity contribution in [3.63, 3.8) is 0 Å². The zero-order valence-corrected chi connectivity index (χ0v) is 10.7. The van der Waals surface area contributed by atoms with Crippen LogP contribution in [0, 0.1) is 0 Å². The third-order valence-corrected chi connectivity index (χ3v) is 3.97. The quantitative estimate of drug-likeness (QED) is 0.628. The van der Waals surface area contributed by atoms with Gasteiger partial charge in [0.25, 0.3) is 0 Å². The van der Waals surface area contributed by atoms with E-state index < -0.39 is 10.0 Å². The van der Waals surface area contributed by atoms with Crippen LogP contribution in [0.1, 0.15) is 26.2 Å². The van der Waals surface area contributed by atoms with Crippen LogP contribution in [0.25, 0.3) is 0 Å². The summed E-state index contributed by atoms with van der Waals surface area (Å²) in [6.07, 6.45) is 3.42. The molecular formula is C10H22N2O3S. The Morgan fingerprint density at radius 2 is 2.25 bits per heavy atom. The molecule has 1 unspecified atom stereocenters. The number of ether oxygens (including phenoxy) is 1. The Labute approximate surface area is 98.0 Å². The summed E-state index contributed by atoms with van der Waals surface area (Å²) in [5.41, 5.74) is 0. The molecule has 6 heteroatoms. The molecule has 5 nitrogen and oxygen atoms in total. The largest absolute Gasteiger partial charge is 0.381 e. The second kappa shape index (κ2) is 7.21. The summed E-state index contributed by atoms with van der Waals surface area (Å²) in [6, 6.07) is 0.288. The first-order valence-corrected chi connectivity index (χ1v) is 7.58. The van der Waals surface area contributed by atoms with E-state index in [1.807, 2.05) is 6.92 Å². The highest BCUT2D eigenvalue weighted by molar-refractivity contribution is 7.89. The third kappa shape index (κ3) is 5.79. The predicted molar refractivity (Wildman–Crippen MR) is 63.9 cm³/mol. The first kappa shape index (κ1) is 13.9. The Bertz CT molecular complexity index is 274. The third-order valence-electron chi connectivity index (χ3n) is 2.66. The number of nitrogens with one attached hydrogen (secondary N) is 2. The zero-order valence-electron chi connectivity index (χ0n) is 9.87. The summed E-state index contributed by atoms with van der Waals surface area (Å²) in [5, 5.41) is 3.30. The predicted octanol–water partition coefficient (Wildman–Crippen LogP) is 0.0844. The van der Waals surface area contributed by atoms with E-state index >= 15 is 0 Å². The topological polar surface area (TPSA) is 67.4 Å². The van der Waals surface area contributed by atoms with Crippen LogP contribution in [0.15, 0.2) is 0 Å². The van der Waals surface area contributed by atoms with Crippen LogP contribution < -0.4 is 10.0 Å². The summed E-state index contributed by atoms with van der Waals surface area (Å²) in [4.78, 5) is 0. The normalized spacial score (nSPS) is 22.2. The van der Waals surface area contributed by atoms with Gasteiger partial charge < -0.3 is 10.1 Å². The van der Waals surface area contributed by atoms with Gasteiger partial charge in [0.15, 0.2) is 0 Å². The molecule has 0 saturated carbocycles. The van der Waals surface area contributed by atoms with Crippen molar-refractivity contribution in [2.24, 2.45) is 0 Å². The average Bonchev–Trinajstić information content (AvgIpc) is 2.28. The van der Waals surface area contributed by atoms with Gasteiger partial charge in [0.1, 0.15) is 0 Å². The molecule has 1 saturated heterocycles. The highest BCUT2D eigenvalue weighted by Crippen LogP contribution is 2.06. The fourth-order valence-corrected chi connectivity index (χ4v) is 2.65. The van der Waals surface area contributed by atoms with Gasteiger partial charge in [-0.15, -0.1) is 0 Å². The molecule has 0 amide bonds. The van der Waals surface area contributed by atoms with Gasteiger partial charge in [-0.25, -0.2) is 13.1 Å². The van der Waals surface area contributed by atoms with E-state index in [0.717, 1.165) is 13.0 Å². The molecule has 1 fully saturated rings. The van der Waals surface area contributed by atoms with Gasteiger partial charge in [0.2, 0.25) is 10.0 Å². The van der Waals surface area contributed by atoms with Crippen molar-refractivity contribution >= 4 is 10.0 Å². The number of sulfonamides is 1. The Hall–Kier alpha value is -0.170. The van der Waals surface area contributed by atoms with Crippen LogP contribution in [0.5, 0.6) is 0 Å². The van der Waals surface area contributed by atoms with Crippen LogP contribution in [-0.4, -0.2) is 46.5 Å². The number of hydrogen-bond acceptors (Lipinski definition) is 4. The van der Waals surface area contributed by atoms with Crippen molar-refractivity contribution in [2.45, 2.75) is 32.2 Å². The highest BCUT2D eigenvalue weighted by atomic mass is 32.2. The number of rotatable bonds is 7. The van der Waals surface area contributed by atoms with Gasteiger partial charge in [-0.1, -0.05) is 6.42 Å². The van der Waals surface area contributed by atoms with Crippen LogP contribution in [0.2, 0.25) is 0 Å². The van der Waals surface area contributed by atoms with Gasteiger partial charge in [-0.2, -0.15) is 0 Å². The Morgan fingerprint density at radius 1 is 1.44 bits per heavy atom. The summed E-state index contributed by atoms with van der Waals surface area (Å²) < 4.78 is 30.7. The monoisotopic (exact) mass is 250 g/mol. The van der Waals surface area contributed by atoms with E-state index in [-0.39, 0.29) is 18.4 Å². The molecule has 0 aliphatic carbocycles. The van der Waals surface area contributed by atoms with E-state index in [1.165, 1.54) is 12.8 Å². The minimum Gasteiger partial charge on any atom is -0.381 e. The van der Waals surface area contributed by atoms with Crippen molar-refractivity contribution in [3.05, 3.63) is 0 Å². The summed E-state index contributed by atoms with van der Waals surface area (Å²) >= 11 is 0. The molecule has 0 spiro atoms. The summed E-state index contributed by atoms with van der Waals surface area (Å²) in [5.74, 6) is 0.0492. The molecule has 1 rings (SSSR count). The molecule has 1 atom stereocenters. The molecule has 0 aromatic heterocycles. The lowest BCUT2D eigenvalue weighted by Crippen LogP contribution is -2.44. The molecular weight excluding hydrogens is 228 g/mol. The van der Waals surface area contributed by atoms with Crippen LogP contribution in [-0.2, 0) is 14.8 Å². The molecule has 0 aromatic carbocycles. The standard InChI is InChI=1S/C10H22N2O3S/c1-2-15-7-8-16(13,14)12-9-10-5-3-4-6-11-10/h10-12H,2-9H2,1H3. The van der Waals surface area contributed by atoms with E-state index in [1.54, 1.807) is 0 Å². The van der Waals surface area contributed by atoms with Crippen molar-refractivity contribution < 1.29 is 13.2 Å². The second-order valence-electron chi connectivity index (χ2n) is 4.01. The van der Waals surface area contributed by atoms with Gasteiger partial charge in [0, 0.05) is 19.2 Å². The van der Waals surface area contributed by atoms with Gasteiger partial charge in [-0.3, -0.25) is 0 Å². The fraction of sp³-hybridized carbons (Fsp3) is 1.00. The maximum absolute atomic E-state index is 11.5. The Kier molecular flexibility index (Phi) is 6.26. The lowest BCUT2D eigenvalue weighted by molar-refractivity contribution is 0.163. The lowest BCUT2D eigenvalue weighted by Gasteiger charge is -2.23. The first-order valence-electron chi connectivity index (χ1n) is 5.92. The Balaban J connectivity index is 2.18. The van der Waals surface area contributed by atoms with Gasteiger partial charge >= 0.3 is 0 Å².